The summed E-state index contributed by atoms with van der Waals surface area (Å²) in [5.41, 5.74) is 1.21. The highest BCUT2D eigenvalue weighted by molar-refractivity contribution is 5.98. The minimum Gasteiger partial charge on any atom is -0.459 e. The Labute approximate surface area is 142 Å². The van der Waals surface area contributed by atoms with Gasteiger partial charge in [-0.1, -0.05) is 48.5 Å². The van der Waals surface area contributed by atoms with Crippen molar-refractivity contribution in [3.8, 4) is 0 Å². The van der Waals surface area contributed by atoms with E-state index in [0.717, 1.165) is 11.1 Å². The molecular weight excluding hydrogens is 302 g/mol. The molecule has 1 aliphatic rings. The second-order valence-electron chi connectivity index (χ2n) is 6.73. The average molecular weight is 323 g/mol. The first-order valence-corrected chi connectivity index (χ1v) is 8.02. The van der Waals surface area contributed by atoms with E-state index in [1.165, 1.54) is 0 Å². The van der Waals surface area contributed by atoms with Gasteiger partial charge in [0.1, 0.15) is 11.6 Å². The highest BCUT2D eigenvalue weighted by atomic mass is 16.6. The Morgan fingerprint density at radius 3 is 2.17 bits per heavy atom. The number of ether oxygens (including phenoxy) is 2. The van der Waals surface area contributed by atoms with Crippen LogP contribution < -0.4 is 0 Å². The van der Waals surface area contributed by atoms with Crippen molar-refractivity contribution in [2.75, 3.05) is 0 Å². The molecule has 0 fully saturated rings. The van der Waals surface area contributed by atoms with Gasteiger partial charge in [-0.15, -0.1) is 0 Å². The van der Waals surface area contributed by atoms with Gasteiger partial charge in [0, 0.05) is 5.56 Å². The van der Waals surface area contributed by atoms with Gasteiger partial charge < -0.3 is 9.47 Å². The first kappa shape index (κ1) is 16.2. The largest absolute Gasteiger partial charge is 0.459 e. The maximum absolute atomic E-state index is 12.6. The Kier molecular flexibility index (Phi) is 4.38. The summed E-state index contributed by atoms with van der Waals surface area (Å²) in [4.78, 5) is 17.3. The molecule has 0 bridgehead atoms. The summed E-state index contributed by atoms with van der Waals surface area (Å²) in [6.45, 7) is 5.53. The second kappa shape index (κ2) is 6.48. The maximum atomic E-state index is 12.6. The van der Waals surface area contributed by atoms with Crippen molar-refractivity contribution in [3.05, 3.63) is 71.8 Å². The Bertz CT molecular complexity index is 732. The zero-order valence-electron chi connectivity index (χ0n) is 14.1. The minimum absolute atomic E-state index is 0.397. The zero-order valence-corrected chi connectivity index (χ0v) is 14.1. The number of nitrogens with zero attached hydrogens (tertiary/aromatic N) is 1. The summed E-state index contributed by atoms with van der Waals surface area (Å²) in [6, 6.07) is 18.9. The van der Waals surface area contributed by atoms with E-state index >= 15 is 0 Å². The van der Waals surface area contributed by atoms with Crippen LogP contribution in [0.4, 0.5) is 0 Å². The zero-order chi connectivity index (χ0) is 17.2. The molecule has 0 spiro atoms. The molecule has 3 rings (SSSR count). The van der Waals surface area contributed by atoms with E-state index in [1.807, 2.05) is 81.4 Å². The molecule has 0 saturated carbocycles. The monoisotopic (exact) mass is 323 g/mol. The van der Waals surface area contributed by atoms with Crippen molar-refractivity contribution >= 4 is 11.9 Å². The van der Waals surface area contributed by atoms with E-state index in [1.54, 1.807) is 0 Å². The molecule has 0 saturated heterocycles. The molecule has 0 radical (unpaired) electrons. The SMILES string of the molecule is CC(C)(C)OC(=O)C1OC(c2ccccc2)=NC1c1ccccc1. The molecule has 1 aliphatic heterocycles. The molecule has 0 N–H and O–H groups in total. The summed E-state index contributed by atoms with van der Waals surface area (Å²) in [6.07, 6.45) is -0.776. The van der Waals surface area contributed by atoms with Gasteiger partial charge in [-0.2, -0.15) is 0 Å². The Morgan fingerprint density at radius 2 is 1.58 bits per heavy atom. The van der Waals surface area contributed by atoms with Crippen LogP contribution in [-0.2, 0) is 14.3 Å². The number of hydrogen-bond donors (Lipinski definition) is 0. The number of carbonyl (C=O) groups is 1. The molecular formula is C20H21NO3. The third kappa shape index (κ3) is 3.65. The minimum atomic E-state index is -0.776. The van der Waals surface area contributed by atoms with E-state index in [2.05, 4.69) is 4.99 Å². The quantitative estimate of drug-likeness (QED) is 0.805. The summed E-state index contributed by atoms with van der Waals surface area (Å²) >= 11 is 0. The molecule has 2 atom stereocenters. The fourth-order valence-corrected chi connectivity index (χ4v) is 2.57. The molecule has 2 aromatic rings. The van der Waals surface area contributed by atoms with Crippen LogP contribution in [0.5, 0.6) is 0 Å². The van der Waals surface area contributed by atoms with Crippen LogP contribution in [0.25, 0.3) is 0 Å². The number of benzene rings is 2. The lowest BCUT2D eigenvalue weighted by Crippen LogP contribution is -2.35. The van der Waals surface area contributed by atoms with Crippen molar-refractivity contribution in [2.24, 2.45) is 4.99 Å². The van der Waals surface area contributed by atoms with Gasteiger partial charge in [0.15, 0.2) is 0 Å². The smallest absolute Gasteiger partial charge is 0.350 e. The van der Waals surface area contributed by atoms with E-state index in [-0.39, 0.29) is 0 Å². The van der Waals surface area contributed by atoms with Crippen LogP contribution in [0.15, 0.2) is 65.7 Å². The van der Waals surface area contributed by atoms with E-state index in [4.69, 9.17) is 9.47 Å². The van der Waals surface area contributed by atoms with Crippen LogP contribution in [-0.4, -0.2) is 23.6 Å². The van der Waals surface area contributed by atoms with Crippen LogP contribution >= 0.6 is 0 Å². The average Bonchev–Trinajstić information content (AvgIpc) is 3.00. The lowest BCUT2D eigenvalue weighted by atomic mass is 10.0. The number of aliphatic imine (C=N–C) groups is 1. The first-order chi connectivity index (χ1) is 11.4. The number of hydrogen-bond acceptors (Lipinski definition) is 4. The van der Waals surface area contributed by atoms with Crippen LogP contribution in [0.1, 0.15) is 37.9 Å². The van der Waals surface area contributed by atoms with Gasteiger partial charge in [-0.05, 0) is 38.5 Å². The molecule has 0 amide bonds. The van der Waals surface area contributed by atoms with Crippen molar-refractivity contribution in [2.45, 2.75) is 38.5 Å². The molecule has 2 aromatic carbocycles. The van der Waals surface area contributed by atoms with E-state index in [9.17, 15) is 4.79 Å². The maximum Gasteiger partial charge on any atom is 0.350 e. The van der Waals surface area contributed by atoms with Gasteiger partial charge in [0.2, 0.25) is 12.0 Å². The molecule has 4 nitrogen and oxygen atoms in total. The topological polar surface area (TPSA) is 47.9 Å². The van der Waals surface area contributed by atoms with E-state index in [0.29, 0.717) is 5.90 Å². The van der Waals surface area contributed by atoms with Gasteiger partial charge in [-0.25, -0.2) is 9.79 Å². The lowest BCUT2D eigenvalue weighted by molar-refractivity contribution is -0.164. The molecule has 0 aliphatic carbocycles. The Balaban J connectivity index is 1.92. The van der Waals surface area contributed by atoms with Crippen molar-refractivity contribution in [1.82, 2.24) is 0 Å². The number of esters is 1. The summed E-state index contributed by atoms with van der Waals surface area (Å²) in [5, 5.41) is 0. The van der Waals surface area contributed by atoms with Crippen molar-refractivity contribution in [1.29, 1.82) is 0 Å². The Hall–Kier alpha value is -2.62. The van der Waals surface area contributed by atoms with Gasteiger partial charge >= 0.3 is 5.97 Å². The Morgan fingerprint density at radius 1 is 1.00 bits per heavy atom. The number of carbonyl (C=O) groups excluding carboxylic acids is 1. The van der Waals surface area contributed by atoms with Crippen molar-refractivity contribution < 1.29 is 14.3 Å². The molecule has 2 unspecified atom stereocenters. The first-order valence-electron chi connectivity index (χ1n) is 8.02. The second-order valence-corrected chi connectivity index (χ2v) is 6.73. The fraction of sp³-hybridized carbons (Fsp3) is 0.300. The highest BCUT2D eigenvalue weighted by Crippen LogP contribution is 2.32. The summed E-state index contributed by atoms with van der Waals surface area (Å²) in [5.74, 6) is 0.0753. The summed E-state index contributed by atoms with van der Waals surface area (Å²) in [7, 11) is 0. The molecule has 0 aromatic heterocycles. The fourth-order valence-electron chi connectivity index (χ4n) is 2.57. The van der Waals surface area contributed by atoms with Gasteiger partial charge in [-0.3, -0.25) is 0 Å². The molecule has 4 heteroatoms. The van der Waals surface area contributed by atoms with Crippen LogP contribution in [0.2, 0.25) is 0 Å². The molecule has 124 valence electrons. The summed E-state index contributed by atoms with van der Waals surface area (Å²) < 4.78 is 11.4. The van der Waals surface area contributed by atoms with Crippen LogP contribution in [0.3, 0.4) is 0 Å². The third-order valence-corrected chi connectivity index (χ3v) is 3.58. The highest BCUT2D eigenvalue weighted by Gasteiger charge is 2.40. The molecule has 1 heterocycles. The van der Waals surface area contributed by atoms with E-state index < -0.39 is 23.7 Å². The third-order valence-electron chi connectivity index (χ3n) is 3.58. The predicted molar refractivity (Wildman–Crippen MR) is 92.9 cm³/mol. The standard InChI is InChI=1S/C20H21NO3/c1-20(2,3)24-19(22)17-16(14-10-6-4-7-11-14)21-18(23-17)15-12-8-5-9-13-15/h4-13,16-17H,1-3H3. The normalized spacial score (nSPS) is 20.2. The molecule has 24 heavy (non-hydrogen) atoms. The lowest BCUT2D eigenvalue weighted by Gasteiger charge is -2.24. The van der Waals surface area contributed by atoms with Crippen LogP contribution in [0, 0.1) is 0 Å². The van der Waals surface area contributed by atoms with Crippen molar-refractivity contribution in [3.63, 3.8) is 0 Å². The predicted octanol–water partition coefficient (Wildman–Crippen LogP) is 3.92. The van der Waals surface area contributed by atoms with Gasteiger partial charge in [0.05, 0.1) is 0 Å². The number of rotatable bonds is 3. The van der Waals surface area contributed by atoms with Gasteiger partial charge in [0.25, 0.3) is 0 Å².